The maximum atomic E-state index is 8.33. The molecule has 74 valence electrons. The molecule has 1 fully saturated rings. The minimum atomic E-state index is 0.680. The summed E-state index contributed by atoms with van der Waals surface area (Å²) in [6.45, 7) is 2.11. The van der Waals surface area contributed by atoms with Crippen molar-refractivity contribution < 1.29 is 0 Å². The van der Waals surface area contributed by atoms with Crippen molar-refractivity contribution >= 4 is 23.5 Å². The first-order valence-corrected chi connectivity index (χ1v) is 6.91. The highest BCUT2D eigenvalue weighted by molar-refractivity contribution is 8.06. The Hall–Kier alpha value is 0.150. The lowest BCUT2D eigenvalue weighted by atomic mass is 10.3. The predicted octanol–water partition coefficient (Wildman–Crippen LogP) is 1.73. The minimum Gasteiger partial charge on any atom is -0.316 e. The molecule has 1 aliphatic rings. The monoisotopic (exact) mass is 216 g/mol. The van der Waals surface area contributed by atoms with Gasteiger partial charge in [-0.3, -0.25) is 0 Å². The number of rotatable bonds is 5. The average molecular weight is 216 g/mol. The molecular weight excluding hydrogens is 200 g/mol. The van der Waals surface area contributed by atoms with Gasteiger partial charge in [-0.2, -0.15) is 28.8 Å². The van der Waals surface area contributed by atoms with Gasteiger partial charge >= 0.3 is 0 Å². The second-order valence-electron chi connectivity index (χ2n) is 3.03. The lowest BCUT2D eigenvalue weighted by molar-refractivity contribution is 0.655. The Bertz CT molecular complexity index is 161. The summed E-state index contributed by atoms with van der Waals surface area (Å²) in [7, 11) is 0. The van der Waals surface area contributed by atoms with Crippen LogP contribution in [-0.4, -0.2) is 35.6 Å². The summed E-state index contributed by atoms with van der Waals surface area (Å²) in [6.07, 6.45) is 1.67. The van der Waals surface area contributed by atoms with E-state index in [1.165, 1.54) is 17.3 Å². The standard InChI is InChI=1S/C9H16N2S2/c10-3-1-2-4-11-7-9-8-12-5-6-13-9/h9,11H,1-2,4-8H2. The molecule has 1 N–H and O–H groups in total. The zero-order valence-corrected chi connectivity index (χ0v) is 9.42. The summed E-state index contributed by atoms with van der Waals surface area (Å²) in [6, 6.07) is 2.16. The first-order chi connectivity index (χ1) is 6.43. The van der Waals surface area contributed by atoms with Crippen LogP contribution >= 0.6 is 23.5 Å². The van der Waals surface area contributed by atoms with Gasteiger partial charge in [-0.25, -0.2) is 0 Å². The van der Waals surface area contributed by atoms with Crippen molar-refractivity contribution in [3.63, 3.8) is 0 Å². The fraction of sp³-hybridized carbons (Fsp3) is 0.889. The molecule has 1 aliphatic heterocycles. The zero-order chi connectivity index (χ0) is 9.36. The molecule has 0 radical (unpaired) electrons. The van der Waals surface area contributed by atoms with Crippen LogP contribution in [0.15, 0.2) is 0 Å². The van der Waals surface area contributed by atoms with Crippen LogP contribution in [-0.2, 0) is 0 Å². The number of nitrogens with one attached hydrogen (secondary N) is 1. The van der Waals surface area contributed by atoms with Gasteiger partial charge in [0.15, 0.2) is 0 Å². The van der Waals surface area contributed by atoms with E-state index in [1.807, 2.05) is 0 Å². The minimum absolute atomic E-state index is 0.680. The van der Waals surface area contributed by atoms with E-state index in [1.54, 1.807) is 0 Å². The summed E-state index contributed by atoms with van der Waals surface area (Å²) >= 11 is 4.14. The molecule has 4 heteroatoms. The van der Waals surface area contributed by atoms with Gasteiger partial charge < -0.3 is 5.32 Å². The van der Waals surface area contributed by atoms with Crippen molar-refractivity contribution in [2.24, 2.45) is 0 Å². The van der Waals surface area contributed by atoms with Crippen LogP contribution in [0.1, 0.15) is 12.8 Å². The highest BCUT2D eigenvalue weighted by atomic mass is 32.2. The Morgan fingerprint density at radius 2 is 2.38 bits per heavy atom. The highest BCUT2D eigenvalue weighted by Crippen LogP contribution is 2.23. The van der Waals surface area contributed by atoms with Crippen molar-refractivity contribution in [2.45, 2.75) is 18.1 Å². The van der Waals surface area contributed by atoms with E-state index in [0.717, 1.165) is 24.8 Å². The number of hydrogen-bond acceptors (Lipinski definition) is 4. The van der Waals surface area contributed by atoms with E-state index in [4.69, 9.17) is 5.26 Å². The first kappa shape index (κ1) is 11.2. The molecular formula is C9H16N2S2. The van der Waals surface area contributed by atoms with Crippen LogP contribution in [0.5, 0.6) is 0 Å². The fourth-order valence-corrected chi connectivity index (χ4v) is 3.86. The van der Waals surface area contributed by atoms with Gasteiger partial charge in [0.25, 0.3) is 0 Å². The SMILES string of the molecule is N#CCCCNCC1CSCCS1. The Morgan fingerprint density at radius 3 is 3.08 bits per heavy atom. The zero-order valence-electron chi connectivity index (χ0n) is 7.79. The van der Waals surface area contributed by atoms with Crippen LogP contribution in [0.4, 0.5) is 0 Å². The third kappa shape index (κ3) is 5.45. The van der Waals surface area contributed by atoms with Crippen LogP contribution in [0.3, 0.4) is 0 Å². The third-order valence-corrected chi connectivity index (χ3v) is 4.74. The van der Waals surface area contributed by atoms with Gasteiger partial charge in [0, 0.05) is 35.5 Å². The largest absolute Gasteiger partial charge is 0.316 e. The summed E-state index contributed by atoms with van der Waals surface area (Å²) in [5.41, 5.74) is 0. The predicted molar refractivity (Wildman–Crippen MR) is 61.3 cm³/mol. The molecule has 1 heterocycles. The van der Waals surface area contributed by atoms with Crippen molar-refractivity contribution in [1.29, 1.82) is 5.26 Å². The molecule has 13 heavy (non-hydrogen) atoms. The van der Waals surface area contributed by atoms with Gasteiger partial charge in [-0.05, 0) is 13.0 Å². The van der Waals surface area contributed by atoms with Crippen molar-refractivity contribution in [2.75, 3.05) is 30.3 Å². The first-order valence-electron chi connectivity index (χ1n) is 4.70. The summed E-state index contributed by atoms with van der Waals surface area (Å²) in [5, 5.41) is 12.5. The Labute approximate surface area is 88.8 Å². The summed E-state index contributed by atoms with van der Waals surface area (Å²) < 4.78 is 0. The van der Waals surface area contributed by atoms with Crippen molar-refractivity contribution in [1.82, 2.24) is 5.32 Å². The van der Waals surface area contributed by atoms with Gasteiger partial charge in [-0.1, -0.05) is 0 Å². The molecule has 1 saturated heterocycles. The molecule has 0 aromatic carbocycles. The molecule has 0 aromatic heterocycles. The molecule has 0 amide bonds. The Morgan fingerprint density at radius 1 is 1.46 bits per heavy atom. The van der Waals surface area contributed by atoms with E-state index >= 15 is 0 Å². The normalized spacial score (nSPS) is 22.5. The number of hydrogen-bond donors (Lipinski definition) is 1. The Balaban J connectivity index is 1.90. The van der Waals surface area contributed by atoms with Crippen molar-refractivity contribution in [3.05, 3.63) is 0 Å². The molecule has 2 nitrogen and oxygen atoms in total. The third-order valence-electron chi connectivity index (χ3n) is 1.90. The van der Waals surface area contributed by atoms with E-state index in [-0.39, 0.29) is 0 Å². The maximum Gasteiger partial charge on any atom is 0.0622 e. The number of unbranched alkanes of at least 4 members (excludes halogenated alkanes) is 1. The highest BCUT2D eigenvalue weighted by Gasteiger charge is 2.12. The lowest BCUT2D eigenvalue weighted by Gasteiger charge is -2.20. The van der Waals surface area contributed by atoms with Crippen LogP contribution in [0.25, 0.3) is 0 Å². The Kier molecular flexibility index (Phi) is 6.51. The molecule has 0 saturated carbocycles. The molecule has 1 atom stereocenters. The molecule has 1 unspecified atom stereocenters. The average Bonchev–Trinajstić information content (AvgIpc) is 2.19. The maximum absolute atomic E-state index is 8.33. The van der Waals surface area contributed by atoms with Crippen LogP contribution in [0.2, 0.25) is 0 Å². The van der Waals surface area contributed by atoms with Gasteiger partial charge in [-0.15, -0.1) is 0 Å². The van der Waals surface area contributed by atoms with Gasteiger partial charge in [0.1, 0.15) is 0 Å². The number of thioether (sulfide) groups is 2. The van der Waals surface area contributed by atoms with Crippen molar-refractivity contribution in [3.8, 4) is 6.07 Å². The summed E-state index contributed by atoms with van der Waals surface area (Å²) in [5.74, 6) is 3.90. The van der Waals surface area contributed by atoms with Crippen LogP contribution < -0.4 is 5.32 Å². The fourth-order valence-electron chi connectivity index (χ4n) is 1.21. The summed E-state index contributed by atoms with van der Waals surface area (Å²) in [4.78, 5) is 0. The van der Waals surface area contributed by atoms with Crippen LogP contribution in [0, 0.1) is 11.3 Å². The molecule has 0 aliphatic carbocycles. The molecule has 0 spiro atoms. The quantitative estimate of drug-likeness (QED) is 0.710. The van der Waals surface area contributed by atoms with E-state index in [9.17, 15) is 0 Å². The van der Waals surface area contributed by atoms with E-state index < -0.39 is 0 Å². The second kappa shape index (κ2) is 7.54. The topological polar surface area (TPSA) is 35.8 Å². The number of nitrogens with zero attached hydrogens (tertiary/aromatic N) is 1. The van der Waals surface area contributed by atoms with Gasteiger partial charge in [0.05, 0.1) is 6.07 Å². The second-order valence-corrected chi connectivity index (χ2v) is 5.59. The smallest absolute Gasteiger partial charge is 0.0622 e. The molecule has 0 bridgehead atoms. The number of nitriles is 1. The molecule has 1 rings (SSSR count). The van der Waals surface area contributed by atoms with Gasteiger partial charge in [0.2, 0.25) is 0 Å². The van der Waals surface area contributed by atoms with E-state index in [0.29, 0.717) is 6.42 Å². The molecule has 0 aromatic rings. The van der Waals surface area contributed by atoms with E-state index in [2.05, 4.69) is 34.9 Å². The lowest BCUT2D eigenvalue weighted by Crippen LogP contribution is -2.29.